The van der Waals surface area contributed by atoms with Crippen LogP contribution in [0.15, 0.2) is 12.3 Å². The topological polar surface area (TPSA) is 143 Å². The smallest absolute Gasteiger partial charge is 0.407 e. The van der Waals surface area contributed by atoms with Gasteiger partial charge in [-0.1, -0.05) is 0 Å². The molecule has 0 aromatic carbocycles. The number of hydrogen-bond donors (Lipinski definition) is 2. The molecule has 0 unspecified atom stereocenters. The molecule has 1 aliphatic heterocycles. The van der Waals surface area contributed by atoms with Crippen molar-refractivity contribution in [2.24, 2.45) is 5.73 Å². The fraction of sp³-hybridized carbons (Fsp3) is 0.417. The second-order valence-corrected chi connectivity index (χ2v) is 4.95. The van der Waals surface area contributed by atoms with Gasteiger partial charge in [0.15, 0.2) is 0 Å². The number of amides is 2. The zero-order valence-electron chi connectivity index (χ0n) is 11.8. The van der Waals surface area contributed by atoms with Crippen LogP contribution >= 0.6 is 0 Å². The number of carboxylic acid groups (broad SMARTS) is 1. The normalized spacial score (nSPS) is 18.1. The first-order valence-electron chi connectivity index (χ1n) is 6.50. The van der Waals surface area contributed by atoms with Crippen LogP contribution in [0.25, 0.3) is 0 Å². The molecule has 0 radical (unpaired) electrons. The third-order valence-electron chi connectivity index (χ3n) is 3.52. The van der Waals surface area contributed by atoms with Crippen LogP contribution in [0.2, 0.25) is 0 Å². The van der Waals surface area contributed by atoms with E-state index in [9.17, 15) is 19.7 Å². The van der Waals surface area contributed by atoms with Crippen molar-refractivity contribution in [2.45, 2.75) is 13.0 Å². The van der Waals surface area contributed by atoms with Crippen LogP contribution in [0.1, 0.15) is 17.3 Å². The quantitative estimate of drug-likeness (QED) is 0.602. The van der Waals surface area contributed by atoms with Gasteiger partial charge in [-0.2, -0.15) is 0 Å². The standard InChI is InChI=1S/C12H15N5O5/c1-7-6-15(12(19)20)2-3-16(7)10-4-8(11(13)18)9(5-14-10)17(21)22/h4-5,7H,2-3,6H2,1H3,(H2,13,18)(H,19,20)/t7-/m0/s1. The number of aromatic nitrogens is 1. The fourth-order valence-corrected chi connectivity index (χ4v) is 2.41. The Bertz CT molecular complexity index is 634. The summed E-state index contributed by atoms with van der Waals surface area (Å²) in [5, 5.41) is 19.9. The summed E-state index contributed by atoms with van der Waals surface area (Å²) in [6.07, 6.45) is -0.00731. The molecule has 118 valence electrons. The van der Waals surface area contributed by atoms with Gasteiger partial charge in [0, 0.05) is 31.7 Å². The third-order valence-corrected chi connectivity index (χ3v) is 3.52. The molecule has 3 N–H and O–H groups in total. The van der Waals surface area contributed by atoms with Crippen LogP contribution < -0.4 is 10.6 Å². The Morgan fingerprint density at radius 2 is 2.18 bits per heavy atom. The molecule has 2 heterocycles. The molecule has 1 aliphatic rings. The lowest BCUT2D eigenvalue weighted by Gasteiger charge is -2.39. The Labute approximate surface area is 125 Å². The van der Waals surface area contributed by atoms with Crippen LogP contribution in [0, 0.1) is 10.1 Å². The number of piperazine rings is 1. The van der Waals surface area contributed by atoms with Crippen LogP contribution in [0.5, 0.6) is 0 Å². The van der Waals surface area contributed by atoms with Crippen molar-refractivity contribution in [2.75, 3.05) is 24.5 Å². The summed E-state index contributed by atoms with van der Waals surface area (Å²) in [5.74, 6) is -0.552. The molecule has 1 aromatic rings. The van der Waals surface area contributed by atoms with Crippen LogP contribution in [-0.4, -0.2) is 57.6 Å². The Morgan fingerprint density at radius 1 is 1.50 bits per heavy atom. The van der Waals surface area contributed by atoms with Crippen molar-refractivity contribution in [1.82, 2.24) is 9.88 Å². The van der Waals surface area contributed by atoms with E-state index >= 15 is 0 Å². The van der Waals surface area contributed by atoms with Gasteiger partial charge in [-0.05, 0) is 6.92 Å². The first kappa shape index (κ1) is 15.5. The maximum Gasteiger partial charge on any atom is 0.407 e. The summed E-state index contributed by atoms with van der Waals surface area (Å²) >= 11 is 0. The van der Waals surface area contributed by atoms with Crippen LogP contribution in [0.3, 0.4) is 0 Å². The lowest BCUT2D eigenvalue weighted by molar-refractivity contribution is -0.385. The van der Waals surface area contributed by atoms with Crippen molar-refractivity contribution < 1.29 is 19.6 Å². The predicted octanol–water partition coefficient (Wildman–Crippen LogP) is 0.277. The molecule has 0 saturated carbocycles. The number of carbonyl (C=O) groups is 2. The minimum atomic E-state index is -0.999. The summed E-state index contributed by atoms with van der Waals surface area (Å²) in [6.45, 7) is 2.74. The monoisotopic (exact) mass is 309 g/mol. The van der Waals surface area contributed by atoms with E-state index in [1.807, 2.05) is 6.92 Å². The van der Waals surface area contributed by atoms with E-state index in [0.717, 1.165) is 6.20 Å². The lowest BCUT2D eigenvalue weighted by Crippen LogP contribution is -2.53. The molecule has 1 fully saturated rings. The molecular weight excluding hydrogens is 294 g/mol. The molecule has 1 saturated heterocycles. The van der Waals surface area contributed by atoms with E-state index in [0.29, 0.717) is 12.4 Å². The highest BCUT2D eigenvalue weighted by Crippen LogP contribution is 2.24. The zero-order valence-corrected chi connectivity index (χ0v) is 11.8. The van der Waals surface area contributed by atoms with E-state index in [2.05, 4.69) is 4.98 Å². The Kier molecular flexibility index (Phi) is 4.11. The molecule has 0 aliphatic carbocycles. The number of rotatable bonds is 3. The van der Waals surface area contributed by atoms with E-state index in [1.54, 1.807) is 4.90 Å². The van der Waals surface area contributed by atoms with Crippen molar-refractivity contribution in [3.05, 3.63) is 27.9 Å². The van der Waals surface area contributed by atoms with Gasteiger partial charge in [-0.3, -0.25) is 14.9 Å². The van der Waals surface area contributed by atoms with Gasteiger partial charge in [0.2, 0.25) is 0 Å². The predicted molar refractivity (Wildman–Crippen MR) is 75.8 cm³/mol. The van der Waals surface area contributed by atoms with Gasteiger partial charge in [0.05, 0.1) is 4.92 Å². The number of nitrogens with two attached hydrogens (primary N) is 1. The number of primary amides is 1. The molecule has 1 atom stereocenters. The third kappa shape index (κ3) is 2.90. The number of hydrogen-bond acceptors (Lipinski definition) is 6. The molecule has 10 nitrogen and oxygen atoms in total. The number of anilines is 1. The Balaban J connectivity index is 2.30. The zero-order chi connectivity index (χ0) is 16.4. The summed E-state index contributed by atoms with van der Waals surface area (Å²) in [5.41, 5.74) is 4.50. The maximum atomic E-state index is 11.4. The molecule has 2 rings (SSSR count). The number of nitro groups is 1. The minimum absolute atomic E-state index is 0.181. The molecule has 1 aromatic heterocycles. The Hall–Kier alpha value is -2.91. The van der Waals surface area contributed by atoms with Crippen molar-refractivity contribution in [3.63, 3.8) is 0 Å². The second-order valence-electron chi connectivity index (χ2n) is 4.95. The first-order valence-corrected chi connectivity index (χ1v) is 6.50. The first-order chi connectivity index (χ1) is 10.3. The number of pyridine rings is 1. The molecular formula is C12H15N5O5. The number of nitrogens with zero attached hydrogens (tertiary/aromatic N) is 4. The average Bonchev–Trinajstić information content (AvgIpc) is 2.46. The molecule has 0 spiro atoms. The minimum Gasteiger partial charge on any atom is -0.465 e. The largest absolute Gasteiger partial charge is 0.465 e. The van der Waals surface area contributed by atoms with Gasteiger partial charge in [0.1, 0.15) is 17.6 Å². The molecule has 22 heavy (non-hydrogen) atoms. The molecule has 10 heteroatoms. The number of carbonyl (C=O) groups excluding carboxylic acids is 1. The SMILES string of the molecule is C[C@H]1CN(C(=O)O)CCN1c1cc(C(N)=O)c([N+](=O)[O-])cn1. The maximum absolute atomic E-state index is 11.4. The van der Waals surface area contributed by atoms with E-state index < -0.39 is 22.6 Å². The highest BCUT2D eigenvalue weighted by molar-refractivity contribution is 5.97. The van der Waals surface area contributed by atoms with Gasteiger partial charge in [0.25, 0.3) is 11.6 Å². The molecule has 0 bridgehead atoms. The summed E-state index contributed by atoms with van der Waals surface area (Å²) in [4.78, 5) is 39.5. The van der Waals surface area contributed by atoms with E-state index in [-0.39, 0.29) is 24.7 Å². The highest BCUT2D eigenvalue weighted by atomic mass is 16.6. The molecule has 2 amide bonds. The van der Waals surface area contributed by atoms with Crippen molar-refractivity contribution in [1.29, 1.82) is 0 Å². The Morgan fingerprint density at radius 3 is 2.68 bits per heavy atom. The summed E-state index contributed by atoms with van der Waals surface area (Å²) < 4.78 is 0. The summed E-state index contributed by atoms with van der Waals surface area (Å²) in [6, 6.07) is 1.09. The fourth-order valence-electron chi connectivity index (χ4n) is 2.41. The van der Waals surface area contributed by atoms with Gasteiger partial charge >= 0.3 is 6.09 Å². The van der Waals surface area contributed by atoms with E-state index in [1.165, 1.54) is 11.0 Å². The lowest BCUT2D eigenvalue weighted by atomic mass is 10.1. The van der Waals surface area contributed by atoms with Gasteiger partial charge in [-0.15, -0.1) is 0 Å². The van der Waals surface area contributed by atoms with Crippen molar-refractivity contribution in [3.8, 4) is 0 Å². The van der Waals surface area contributed by atoms with Gasteiger partial charge < -0.3 is 20.6 Å². The van der Waals surface area contributed by atoms with Gasteiger partial charge in [-0.25, -0.2) is 9.78 Å². The highest BCUT2D eigenvalue weighted by Gasteiger charge is 2.29. The van der Waals surface area contributed by atoms with Crippen LogP contribution in [-0.2, 0) is 0 Å². The second kappa shape index (κ2) is 5.84. The van der Waals surface area contributed by atoms with E-state index in [4.69, 9.17) is 10.8 Å². The summed E-state index contributed by atoms with van der Waals surface area (Å²) in [7, 11) is 0. The van der Waals surface area contributed by atoms with Crippen LogP contribution in [0.4, 0.5) is 16.3 Å². The average molecular weight is 309 g/mol. The van der Waals surface area contributed by atoms with Crippen molar-refractivity contribution >= 4 is 23.5 Å².